The van der Waals surface area contributed by atoms with Crippen molar-refractivity contribution in [3.05, 3.63) is 63.2 Å². The van der Waals surface area contributed by atoms with Gasteiger partial charge in [0.15, 0.2) is 0 Å². The summed E-state index contributed by atoms with van der Waals surface area (Å²) in [7, 11) is 0. The Kier molecular flexibility index (Phi) is 2.75. The standard InChI is InChI=1S/C15H13N3O2/c1-8-5-6-11(10-4-3-7-16-13(8)10)14(19)12-9(2)17-18-15(12)20/h3-7H,1-2H3,(H2,17,18,20). The number of aromatic amines is 2. The number of H-pyrrole nitrogens is 2. The fourth-order valence-electron chi connectivity index (χ4n) is 2.37. The summed E-state index contributed by atoms with van der Waals surface area (Å²) in [6.07, 6.45) is 1.69. The zero-order chi connectivity index (χ0) is 14.3. The molecule has 5 nitrogen and oxygen atoms in total. The molecule has 20 heavy (non-hydrogen) atoms. The number of aryl methyl sites for hydroxylation is 2. The van der Waals surface area contributed by atoms with Crippen LogP contribution < -0.4 is 5.56 Å². The van der Waals surface area contributed by atoms with E-state index in [-0.39, 0.29) is 11.3 Å². The van der Waals surface area contributed by atoms with E-state index < -0.39 is 5.56 Å². The van der Waals surface area contributed by atoms with Crippen LogP contribution in [0.15, 0.2) is 35.3 Å². The molecule has 0 aliphatic rings. The Morgan fingerprint density at radius 1 is 1.15 bits per heavy atom. The van der Waals surface area contributed by atoms with Crippen LogP contribution in [-0.4, -0.2) is 21.0 Å². The monoisotopic (exact) mass is 267 g/mol. The summed E-state index contributed by atoms with van der Waals surface area (Å²) >= 11 is 0. The number of pyridine rings is 1. The topological polar surface area (TPSA) is 78.6 Å². The maximum absolute atomic E-state index is 12.6. The lowest BCUT2D eigenvalue weighted by molar-refractivity contribution is 0.103. The van der Waals surface area contributed by atoms with Gasteiger partial charge in [0.25, 0.3) is 5.56 Å². The van der Waals surface area contributed by atoms with E-state index in [1.807, 2.05) is 19.1 Å². The second kappa shape index (κ2) is 4.45. The second-order valence-corrected chi connectivity index (χ2v) is 4.74. The van der Waals surface area contributed by atoms with Gasteiger partial charge in [-0.2, -0.15) is 0 Å². The van der Waals surface area contributed by atoms with Gasteiger partial charge in [-0.15, -0.1) is 0 Å². The van der Waals surface area contributed by atoms with Crippen LogP contribution in [0.2, 0.25) is 0 Å². The van der Waals surface area contributed by atoms with Gasteiger partial charge < -0.3 is 5.10 Å². The summed E-state index contributed by atoms with van der Waals surface area (Å²) in [5.74, 6) is -0.289. The molecule has 0 unspecified atom stereocenters. The summed E-state index contributed by atoms with van der Waals surface area (Å²) in [6, 6.07) is 7.22. The number of hydrogen-bond donors (Lipinski definition) is 2. The lowest BCUT2D eigenvalue weighted by atomic mass is 9.97. The van der Waals surface area contributed by atoms with Crippen LogP contribution in [0, 0.1) is 13.8 Å². The Bertz CT molecular complexity index is 874. The molecule has 2 N–H and O–H groups in total. The predicted octanol–water partition coefficient (Wildman–Crippen LogP) is 2.10. The lowest BCUT2D eigenvalue weighted by Crippen LogP contribution is -2.14. The van der Waals surface area contributed by atoms with Crippen LogP contribution in [0.25, 0.3) is 10.9 Å². The van der Waals surface area contributed by atoms with Gasteiger partial charge in [-0.25, -0.2) is 0 Å². The first-order chi connectivity index (χ1) is 9.59. The number of carbonyl (C=O) groups is 1. The lowest BCUT2D eigenvalue weighted by Gasteiger charge is -2.06. The molecule has 0 saturated carbocycles. The van der Waals surface area contributed by atoms with Crippen molar-refractivity contribution in [2.24, 2.45) is 0 Å². The Labute approximate surface area is 114 Å². The second-order valence-electron chi connectivity index (χ2n) is 4.74. The van der Waals surface area contributed by atoms with E-state index in [2.05, 4.69) is 15.2 Å². The summed E-state index contributed by atoms with van der Waals surface area (Å²) in [6.45, 7) is 3.64. The number of benzene rings is 1. The molecule has 3 aromatic rings. The third-order valence-corrected chi connectivity index (χ3v) is 3.41. The molecule has 0 bridgehead atoms. The molecule has 0 spiro atoms. The van der Waals surface area contributed by atoms with Gasteiger partial charge >= 0.3 is 0 Å². The molecule has 0 amide bonds. The maximum Gasteiger partial charge on any atom is 0.275 e. The fraction of sp³-hybridized carbons (Fsp3) is 0.133. The molecule has 0 saturated heterocycles. The quantitative estimate of drug-likeness (QED) is 0.698. The smallest absolute Gasteiger partial charge is 0.275 e. The summed E-state index contributed by atoms with van der Waals surface area (Å²) in [5, 5.41) is 5.86. The maximum atomic E-state index is 12.6. The number of ketones is 1. The number of aromatic nitrogens is 3. The van der Waals surface area contributed by atoms with Gasteiger partial charge in [-0.3, -0.25) is 19.7 Å². The number of carbonyl (C=O) groups excluding carboxylic acids is 1. The fourth-order valence-corrected chi connectivity index (χ4v) is 2.37. The summed E-state index contributed by atoms with van der Waals surface area (Å²) < 4.78 is 0. The SMILES string of the molecule is Cc1[nH][nH]c(=O)c1C(=O)c1ccc(C)c2ncccc12. The molecule has 0 radical (unpaired) electrons. The zero-order valence-electron chi connectivity index (χ0n) is 11.2. The van der Waals surface area contributed by atoms with E-state index in [4.69, 9.17) is 0 Å². The van der Waals surface area contributed by atoms with Gasteiger partial charge in [0.1, 0.15) is 5.56 Å². The van der Waals surface area contributed by atoms with E-state index >= 15 is 0 Å². The molecule has 100 valence electrons. The minimum Gasteiger partial charge on any atom is -0.302 e. The average molecular weight is 267 g/mol. The van der Waals surface area contributed by atoms with Crippen molar-refractivity contribution < 1.29 is 4.79 Å². The highest BCUT2D eigenvalue weighted by molar-refractivity contribution is 6.16. The Hall–Kier alpha value is -2.69. The summed E-state index contributed by atoms with van der Waals surface area (Å²) in [5.41, 5.74) is 2.56. The molecule has 1 aromatic carbocycles. The van der Waals surface area contributed by atoms with Crippen LogP contribution in [0.5, 0.6) is 0 Å². The Morgan fingerprint density at radius 3 is 2.65 bits per heavy atom. The third kappa shape index (κ3) is 1.75. The minimum atomic E-state index is -0.398. The minimum absolute atomic E-state index is 0.152. The molecule has 0 fully saturated rings. The van der Waals surface area contributed by atoms with Crippen molar-refractivity contribution in [1.82, 2.24) is 15.2 Å². The highest BCUT2D eigenvalue weighted by Gasteiger charge is 2.20. The molecule has 2 aromatic heterocycles. The summed E-state index contributed by atoms with van der Waals surface area (Å²) in [4.78, 5) is 28.6. The van der Waals surface area contributed by atoms with Gasteiger partial charge in [0.05, 0.1) is 5.52 Å². The molecular formula is C15H13N3O2. The molecule has 0 atom stereocenters. The van der Waals surface area contributed by atoms with Crippen LogP contribution in [0.3, 0.4) is 0 Å². The van der Waals surface area contributed by atoms with Crippen LogP contribution in [0.4, 0.5) is 0 Å². The van der Waals surface area contributed by atoms with Gasteiger partial charge in [0.2, 0.25) is 5.78 Å². The van der Waals surface area contributed by atoms with Crippen molar-refractivity contribution in [2.75, 3.05) is 0 Å². The van der Waals surface area contributed by atoms with Gasteiger partial charge in [0, 0.05) is 22.8 Å². The molecule has 0 aliphatic carbocycles. The van der Waals surface area contributed by atoms with Gasteiger partial charge in [-0.05, 0) is 25.5 Å². The molecule has 2 heterocycles. The van der Waals surface area contributed by atoms with Crippen molar-refractivity contribution in [3.8, 4) is 0 Å². The first-order valence-electron chi connectivity index (χ1n) is 6.26. The number of nitrogens with one attached hydrogen (secondary N) is 2. The van der Waals surface area contributed by atoms with Gasteiger partial charge in [-0.1, -0.05) is 18.2 Å². The third-order valence-electron chi connectivity index (χ3n) is 3.41. The first-order valence-corrected chi connectivity index (χ1v) is 6.26. The van der Waals surface area contributed by atoms with E-state index in [9.17, 15) is 9.59 Å². The zero-order valence-corrected chi connectivity index (χ0v) is 11.2. The number of rotatable bonds is 2. The first kappa shape index (κ1) is 12.3. The number of fused-ring (bicyclic) bond motifs is 1. The molecule has 5 heteroatoms. The van der Waals surface area contributed by atoms with Crippen LogP contribution in [0.1, 0.15) is 27.2 Å². The van der Waals surface area contributed by atoms with E-state index in [0.29, 0.717) is 11.3 Å². The van der Waals surface area contributed by atoms with Crippen molar-refractivity contribution in [3.63, 3.8) is 0 Å². The van der Waals surface area contributed by atoms with E-state index in [1.165, 1.54) is 0 Å². The normalized spacial score (nSPS) is 10.9. The molecular weight excluding hydrogens is 254 g/mol. The Morgan fingerprint density at radius 2 is 1.95 bits per heavy atom. The highest BCUT2D eigenvalue weighted by Crippen LogP contribution is 2.22. The van der Waals surface area contributed by atoms with Crippen molar-refractivity contribution in [2.45, 2.75) is 13.8 Å². The molecule has 3 rings (SSSR count). The highest BCUT2D eigenvalue weighted by atomic mass is 16.1. The van der Waals surface area contributed by atoms with Crippen LogP contribution in [-0.2, 0) is 0 Å². The molecule has 0 aliphatic heterocycles. The predicted molar refractivity (Wildman–Crippen MR) is 76.1 cm³/mol. The number of hydrogen-bond acceptors (Lipinski definition) is 3. The largest absolute Gasteiger partial charge is 0.302 e. The van der Waals surface area contributed by atoms with Crippen molar-refractivity contribution >= 4 is 16.7 Å². The van der Waals surface area contributed by atoms with Crippen molar-refractivity contribution in [1.29, 1.82) is 0 Å². The van der Waals surface area contributed by atoms with E-state index in [1.54, 1.807) is 25.3 Å². The van der Waals surface area contributed by atoms with Crippen LogP contribution >= 0.6 is 0 Å². The Balaban J connectivity index is 2.28. The average Bonchev–Trinajstić information content (AvgIpc) is 2.78. The van der Waals surface area contributed by atoms with E-state index in [0.717, 1.165) is 16.5 Å². The number of nitrogens with zero attached hydrogens (tertiary/aromatic N) is 1.